The number of halogens is 1. The molecule has 0 radical (unpaired) electrons. The fourth-order valence-corrected chi connectivity index (χ4v) is 2.83. The van der Waals surface area contributed by atoms with E-state index in [9.17, 15) is 9.59 Å². The first-order valence-electron chi connectivity index (χ1n) is 9.60. The third-order valence-electron chi connectivity index (χ3n) is 4.31. The van der Waals surface area contributed by atoms with Crippen molar-refractivity contribution in [3.63, 3.8) is 0 Å². The second-order valence-electron chi connectivity index (χ2n) is 8.17. The SMILES string of the molecule is Cc1ccc(OCC(=O)N(Cc2ccc(Cl)cc2)[C@H](C)C(=O)NC(C)(C)C)cc1. The summed E-state index contributed by atoms with van der Waals surface area (Å²) < 4.78 is 5.65. The van der Waals surface area contributed by atoms with Crippen LogP contribution in [0.4, 0.5) is 0 Å². The molecule has 0 bridgehead atoms. The normalized spacial score (nSPS) is 12.2. The number of amides is 2. The van der Waals surface area contributed by atoms with Gasteiger partial charge in [0.05, 0.1) is 0 Å². The molecular weight excluding hydrogens is 388 g/mol. The number of benzene rings is 2. The second kappa shape index (κ2) is 9.79. The van der Waals surface area contributed by atoms with Crippen molar-refractivity contribution in [2.24, 2.45) is 0 Å². The summed E-state index contributed by atoms with van der Waals surface area (Å²) in [6.07, 6.45) is 0. The summed E-state index contributed by atoms with van der Waals surface area (Å²) in [6, 6.07) is 14.1. The number of nitrogens with one attached hydrogen (secondary N) is 1. The van der Waals surface area contributed by atoms with Gasteiger partial charge in [0.25, 0.3) is 5.91 Å². The highest BCUT2D eigenvalue weighted by Crippen LogP contribution is 2.16. The molecule has 2 rings (SSSR count). The summed E-state index contributed by atoms with van der Waals surface area (Å²) in [4.78, 5) is 27.2. The van der Waals surface area contributed by atoms with E-state index in [1.807, 2.05) is 64.1 Å². The molecule has 0 heterocycles. The average molecular weight is 417 g/mol. The van der Waals surface area contributed by atoms with Gasteiger partial charge >= 0.3 is 0 Å². The quantitative estimate of drug-likeness (QED) is 0.729. The van der Waals surface area contributed by atoms with Crippen LogP contribution < -0.4 is 10.1 Å². The second-order valence-corrected chi connectivity index (χ2v) is 8.60. The zero-order valence-electron chi connectivity index (χ0n) is 17.7. The topological polar surface area (TPSA) is 58.6 Å². The highest BCUT2D eigenvalue weighted by Gasteiger charge is 2.28. The van der Waals surface area contributed by atoms with Gasteiger partial charge < -0.3 is 15.0 Å². The largest absolute Gasteiger partial charge is 0.484 e. The maximum Gasteiger partial charge on any atom is 0.261 e. The molecule has 0 unspecified atom stereocenters. The number of ether oxygens (including phenoxy) is 1. The van der Waals surface area contributed by atoms with E-state index in [1.54, 1.807) is 19.1 Å². The first kappa shape index (κ1) is 22.8. The van der Waals surface area contributed by atoms with Gasteiger partial charge in [-0.3, -0.25) is 9.59 Å². The van der Waals surface area contributed by atoms with Crippen LogP contribution in [0.25, 0.3) is 0 Å². The van der Waals surface area contributed by atoms with Crippen molar-refractivity contribution in [2.75, 3.05) is 6.61 Å². The molecule has 0 saturated carbocycles. The molecule has 156 valence electrons. The number of rotatable bonds is 7. The van der Waals surface area contributed by atoms with E-state index >= 15 is 0 Å². The molecule has 0 spiro atoms. The molecule has 0 saturated heterocycles. The van der Waals surface area contributed by atoms with Crippen molar-refractivity contribution in [3.05, 3.63) is 64.7 Å². The Hall–Kier alpha value is -2.53. The average Bonchev–Trinajstić information content (AvgIpc) is 2.65. The molecule has 2 aromatic carbocycles. The van der Waals surface area contributed by atoms with Crippen LogP contribution in [0, 0.1) is 6.92 Å². The maximum atomic E-state index is 13.0. The highest BCUT2D eigenvalue weighted by molar-refractivity contribution is 6.30. The number of hydrogen-bond donors (Lipinski definition) is 1. The molecular formula is C23H29ClN2O3. The Morgan fingerprint density at radius 2 is 1.66 bits per heavy atom. The number of carbonyl (C=O) groups excluding carboxylic acids is 2. The Labute approximate surface area is 178 Å². The van der Waals surface area contributed by atoms with Gasteiger partial charge in [-0.2, -0.15) is 0 Å². The number of carbonyl (C=O) groups is 2. The van der Waals surface area contributed by atoms with Crippen molar-refractivity contribution in [2.45, 2.75) is 52.7 Å². The summed E-state index contributed by atoms with van der Waals surface area (Å²) in [7, 11) is 0. The monoisotopic (exact) mass is 416 g/mol. The van der Waals surface area contributed by atoms with E-state index in [0.29, 0.717) is 10.8 Å². The molecule has 1 atom stereocenters. The van der Waals surface area contributed by atoms with Gasteiger partial charge in [0, 0.05) is 17.1 Å². The first-order chi connectivity index (χ1) is 13.5. The van der Waals surface area contributed by atoms with Gasteiger partial charge in [-0.1, -0.05) is 41.4 Å². The lowest BCUT2D eigenvalue weighted by Crippen LogP contribution is -2.53. The summed E-state index contributed by atoms with van der Waals surface area (Å²) in [5, 5.41) is 3.55. The molecule has 0 fully saturated rings. The lowest BCUT2D eigenvalue weighted by atomic mass is 10.1. The van der Waals surface area contributed by atoms with E-state index in [0.717, 1.165) is 11.1 Å². The molecule has 1 N–H and O–H groups in total. The first-order valence-corrected chi connectivity index (χ1v) is 9.98. The molecule has 5 nitrogen and oxygen atoms in total. The van der Waals surface area contributed by atoms with Crippen LogP contribution in [0.15, 0.2) is 48.5 Å². The Morgan fingerprint density at radius 1 is 1.07 bits per heavy atom. The summed E-state index contributed by atoms with van der Waals surface area (Å²) >= 11 is 5.96. The number of aryl methyl sites for hydroxylation is 1. The van der Waals surface area contributed by atoms with Gasteiger partial charge in [-0.25, -0.2) is 0 Å². The van der Waals surface area contributed by atoms with Crippen molar-refractivity contribution in [3.8, 4) is 5.75 Å². The molecule has 2 amide bonds. The Balaban J connectivity index is 2.15. The van der Waals surface area contributed by atoms with Gasteiger partial charge in [-0.05, 0) is 64.4 Å². The standard InChI is InChI=1S/C23H29ClN2O3/c1-16-6-12-20(13-7-16)29-15-21(27)26(14-18-8-10-19(24)11-9-18)17(2)22(28)25-23(3,4)5/h6-13,17H,14-15H2,1-5H3,(H,25,28)/t17-/m1/s1. The Bertz CT molecular complexity index is 827. The minimum absolute atomic E-state index is 0.149. The van der Waals surface area contributed by atoms with Gasteiger partial charge in [0.1, 0.15) is 11.8 Å². The van der Waals surface area contributed by atoms with E-state index in [1.165, 1.54) is 4.90 Å². The van der Waals surface area contributed by atoms with Crippen LogP contribution in [0.2, 0.25) is 5.02 Å². The van der Waals surface area contributed by atoms with Gasteiger partial charge in [0.2, 0.25) is 5.91 Å². The Morgan fingerprint density at radius 3 is 2.21 bits per heavy atom. The van der Waals surface area contributed by atoms with Crippen molar-refractivity contribution < 1.29 is 14.3 Å². The van der Waals surface area contributed by atoms with Crippen molar-refractivity contribution >= 4 is 23.4 Å². The fraction of sp³-hybridized carbons (Fsp3) is 0.391. The molecule has 29 heavy (non-hydrogen) atoms. The van der Waals surface area contributed by atoms with Crippen molar-refractivity contribution in [1.29, 1.82) is 0 Å². The van der Waals surface area contributed by atoms with Crippen LogP contribution in [-0.2, 0) is 16.1 Å². The smallest absolute Gasteiger partial charge is 0.261 e. The lowest BCUT2D eigenvalue weighted by Gasteiger charge is -2.31. The van der Waals surface area contributed by atoms with Crippen LogP contribution >= 0.6 is 11.6 Å². The summed E-state index contributed by atoms with van der Waals surface area (Å²) in [5.74, 6) is 0.134. The highest BCUT2D eigenvalue weighted by atomic mass is 35.5. The number of hydrogen-bond acceptors (Lipinski definition) is 3. The molecule has 6 heteroatoms. The predicted octanol–water partition coefficient (Wildman–Crippen LogP) is 4.36. The van der Waals surface area contributed by atoms with Crippen LogP contribution in [-0.4, -0.2) is 34.9 Å². The molecule has 0 aliphatic heterocycles. The van der Waals surface area contributed by atoms with Crippen LogP contribution in [0.1, 0.15) is 38.8 Å². The van der Waals surface area contributed by atoms with Crippen LogP contribution in [0.3, 0.4) is 0 Å². The minimum atomic E-state index is -0.654. The number of nitrogens with zero attached hydrogens (tertiary/aromatic N) is 1. The molecule has 0 aliphatic carbocycles. The van der Waals surface area contributed by atoms with Gasteiger partial charge in [-0.15, -0.1) is 0 Å². The zero-order chi connectivity index (χ0) is 21.6. The van der Waals surface area contributed by atoms with Crippen LogP contribution in [0.5, 0.6) is 5.75 Å². The van der Waals surface area contributed by atoms with Crippen molar-refractivity contribution in [1.82, 2.24) is 10.2 Å². The van der Waals surface area contributed by atoms with E-state index in [4.69, 9.17) is 16.3 Å². The molecule has 0 aromatic heterocycles. The molecule has 2 aromatic rings. The zero-order valence-corrected chi connectivity index (χ0v) is 18.4. The molecule has 0 aliphatic rings. The third kappa shape index (κ3) is 7.42. The van der Waals surface area contributed by atoms with E-state index in [-0.39, 0.29) is 25.0 Å². The predicted molar refractivity (Wildman–Crippen MR) is 116 cm³/mol. The Kier molecular flexibility index (Phi) is 7.68. The minimum Gasteiger partial charge on any atom is -0.484 e. The summed E-state index contributed by atoms with van der Waals surface area (Å²) in [6.45, 7) is 9.56. The van der Waals surface area contributed by atoms with Gasteiger partial charge in [0.15, 0.2) is 6.61 Å². The maximum absolute atomic E-state index is 13.0. The fourth-order valence-electron chi connectivity index (χ4n) is 2.71. The third-order valence-corrected chi connectivity index (χ3v) is 4.57. The summed E-state index contributed by atoms with van der Waals surface area (Å²) in [5.41, 5.74) is 1.60. The lowest BCUT2D eigenvalue weighted by molar-refractivity contribution is -0.142. The van der Waals surface area contributed by atoms with E-state index < -0.39 is 11.6 Å². The van der Waals surface area contributed by atoms with E-state index in [2.05, 4.69) is 5.32 Å².